The van der Waals surface area contributed by atoms with Crippen molar-refractivity contribution in [2.75, 3.05) is 0 Å². The Kier molecular flexibility index (Phi) is 6.65. The van der Waals surface area contributed by atoms with E-state index in [0.717, 1.165) is 0 Å². The van der Waals surface area contributed by atoms with Crippen molar-refractivity contribution in [3.8, 4) is 11.5 Å². The van der Waals surface area contributed by atoms with E-state index in [1.54, 1.807) is 6.07 Å². The summed E-state index contributed by atoms with van der Waals surface area (Å²) in [5, 5.41) is 36.3. The number of hydrogen-bond acceptors (Lipinski definition) is 8. The van der Waals surface area contributed by atoms with Gasteiger partial charge in [-0.2, -0.15) is 0 Å². The number of hydrogen-bond donors (Lipinski definition) is 4. The van der Waals surface area contributed by atoms with Crippen molar-refractivity contribution in [2.45, 2.75) is 0 Å². The monoisotopic (exact) mass is 406 g/mol. The van der Waals surface area contributed by atoms with Crippen molar-refractivity contribution in [3.63, 3.8) is 0 Å². The molecule has 0 spiro atoms. The van der Waals surface area contributed by atoms with E-state index in [0.29, 0.717) is 0 Å². The van der Waals surface area contributed by atoms with Crippen LogP contribution >= 0.6 is 0 Å². The van der Waals surface area contributed by atoms with Crippen molar-refractivity contribution in [1.29, 1.82) is 0 Å². The molecule has 4 N–H and O–H groups in total. The lowest BCUT2D eigenvalue weighted by Gasteiger charge is -2.08. The molecule has 0 aliphatic rings. The standard InChI is InChI=1S/C20H16B2O8/c23-19(13-4-8-15(9-5-13)21(25)26)29-17-2-1-3-18(12-17)30-20(24)14-6-10-16(11-7-14)22(27)28/h1-12,25-28H. The number of ether oxygens (including phenoxy) is 2. The van der Waals surface area contributed by atoms with Gasteiger partial charge in [-0.25, -0.2) is 9.59 Å². The summed E-state index contributed by atoms with van der Waals surface area (Å²) in [6, 6.07) is 17.1. The highest BCUT2D eigenvalue weighted by Gasteiger charge is 2.15. The number of benzene rings is 3. The fourth-order valence-corrected chi connectivity index (χ4v) is 2.52. The SMILES string of the molecule is O=C(Oc1cccc(OC(=O)c2ccc(B(O)O)cc2)c1)c1ccc(B(O)O)cc1. The molecule has 0 aliphatic carbocycles. The van der Waals surface area contributed by atoms with Gasteiger partial charge in [-0.3, -0.25) is 0 Å². The van der Waals surface area contributed by atoms with Gasteiger partial charge in [0.2, 0.25) is 0 Å². The number of carbonyl (C=O) groups is 2. The predicted molar refractivity (Wildman–Crippen MR) is 109 cm³/mol. The van der Waals surface area contributed by atoms with Crippen molar-refractivity contribution in [2.24, 2.45) is 0 Å². The zero-order chi connectivity index (χ0) is 21.7. The lowest BCUT2D eigenvalue weighted by Crippen LogP contribution is -2.29. The average molecular weight is 406 g/mol. The average Bonchev–Trinajstić information content (AvgIpc) is 2.74. The van der Waals surface area contributed by atoms with Crippen LogP contribution in [0, 0.1) is 0 Å². The van der Waals surface area contributed by atoms with E-state index < -0.39 is 26.2 Å². The van der Waals surface area contributed by atoms with Gasteiger partial charge in [-0.05, 0) is 47.3 Å². The molecule has 0 saturated heterocycles. The van der Waals surface area contributed by atoms with Crippen molar-refractivity contribution in [1.82, 2.24) is 0 Å². The molecule has 0 aromatic heterocycles. The van der Waals surface area contributed by atoms with Gasteiger partial charge in [0.15, 0.2) is 0 Å². The smallest absolute Gasteiger partial charge is 0.423 e. The highest BCUT2D eigenvalue weighted by molar-refractivity contribution is 6.58. The van der Waals surface area contributed by atoms with Crippen molar-refractivity contribution < 1.29 is 39.2 Å². The van der Waals surface area contributed by atoms with Crippen LogP contribution < -0.4 is 20.4 Å². The van der Waals surface area contributed by atoms with Gasteiger partial charge < -0.3 is 29.6 Å². The van der Waals surface area contributed by atoms with Gasteiger partial charge in [-0.1, -0.05) is 30.3 Å². The molecular formula is C20H16B2O8. The summed E-state index contributed by atoms with van der Waals surface area (Å²) in [5.41, 5.74) is 0.880. The van der Waals surface area contributed by atoms with E-state index in [1.807, 2.05) is 0 Å². The molecule has 3 aromatic carbocycles. The molecule has 10 heteroatoms. The molecule has 0 atom stereocenters. The fraction of sp³-hybridized carbons (Fsp3) is 0. The zero-order valence-corrected chi connectivity index (χ0v) is 15.5. The molecule has 0 aliphatic heterocycles. The first-order chi connectivity index (χ1) is 14.3. The first kappa shape index (κ1) is 21.3. The zero-order valence-electron chi connectivity index (χ0n) is 15.5. The molecule has 0 saturated carbocycles. The van der Waals surface area contributed by atoms with E-state index in [9.17, 15) is 9.59 Å². The Balaban J connectivity index is 1.66. The fourth-order valence-electron chi connectivity index (χ4n) is 2.52. The van der Waals surface area contributed by atoms with Crippen molar-refractivity contribution in [3.05, 3.63) is 83.9 Å². The van der Waals surface area contributed by atoms with Gasteiger partial charge >= 0.3 is 26.2 Å². The summed E-state index contributed by atoms with van der Waals surface area (Å²) >= 11 is 0. The summed E-state index contributed by atoms with van der Waals surface area (Å²) in [7, 11) is -3.27. The maximum atomic E-state index is 12.2. The largest absolute Gasteiger partial charge is 0.488 e. The van der Waals surface area contributed by atoms with Crippen LogP contribution in [0.15, 0.2) is 72.8 Å². The summed E-state index contributed by atoms with van der Waals surface area (Å²) in [4.78, 5) is 24.5. The van der Waals surface area contributed by atoms with Crippen LogP contribution in [0.2, 0.25) is 0 Å². The maximum Gasteiger partial charge on any atom is 0.488 e. The molecule has 0 amide bonds. The van der Waals surface area contributed by atoms with Crippen molar-refractivity contribution >= 4 is 37.1 Å². The molecule has 3 aromatic rings. The Morgan fingerprint density at radius 2 is 0.967 bits per heavy atom. The number of rotatable bonds is 6. The Morgan fingerprint density at radius 1 is 0.600 bits per heavy atom. The molecule has 0 radical (unpaired) electrons. The van der Waals surface area contributed by atoms with Crippen LogP contribution in [0.25, 0.3) is 0 Å². The van der Waals surface area contributed by atoms with E-state index in [-0.39, 0.29) is 33.6 Å². The van der Waals surface area contributed by atoms with E-state index in [2.05, 4.69) is 0 Å². The van der Waals surface area contributed by atoms with Crippen LogP contribution in [-0.4, -0.2) is 46.3 Å². The van der Waals surface area contributed by atoms with Gasteiger partial charge in [-0.15, -0.1) is 0 Å². The summed E-state index contributed by atoms with van der Waals surface area (Å²) in [5.74, 6) is -1.04. The molecule has 30 heavy (non-hydrogen) atoms. The lowest BCUT2D eigenvalue weighted by molar-refractivity contribution is 0.0732. The Bertz CT molecular complexity index is 953. The predicted octanol–water partition coefficient (Wildman–Crippen LogP) is -0.515. The third kappa shape index (κ3) is 5.34. The van der Waals surface area contributed by atoms with Gasteiger partial charge in [0, 0.05) is 6.07 Å². The first-order valence-corrected chi connectivity index (χ1v) is 8.80. The molecule has 150 valence electrons. The summed E-state index contributed by atoms with van der Waals surface area (Å²) < 4.78 is 10.5. The second kappa shape index (κ2) is 9.38. The van der Waals surface area contributed by atoms with Crippen LogP contribution in [0.5, 0.6) is 11.5 Å². The van der Waals surface area contributed by atoms with Gasteiger partial charge in [0.25, 0.3) is 0 Å². The quantitative estimate of drug-likeness (QED) is 0.244. The third-order valence-corrected chi connectivity index (χ3v) is 4.12. The Hall–Kier alpha value is -3.43. The van der Waals surface area contributed by atoms with Crippen LogP contribution in [0.1, 0.15) is 20.7 Å². The Labute approximate surface area is 172 Å². The maximum absolute atomic E-state index is 12.2. The third-order valence-electron chi connectivity index (χ3n) is 4.12. The summed E-state index contributed by atoms with van der Waals surface area (Å²) in [6.45, 7) is 0. The van der Waals surface area contributed by atoms with Crippen LogP contribution in [0.3, 0.4) is 0 Å². The molecule has 3 rings (SSSR count). The van der Waals surface area contributed by atoms with Gasteiger partial charge in [0.05, 0.1) is 11.1 Å². The van der Waals surface area contributed by atoms with Gasteiger partial charge in [0.1, 0.15) is 11.5 Å². The number of carbonyl (C=O) groups excluding carboxylic acids is 2. The second-order valence-corrected chi connectivity index (χ2v) is 6.25. The normalized spacial score (nSPS) is 10.3. The topological polar surface area (TPSA) is 134 Å². The minimum Gasteiger partial charge on any atom is -0.423 e. The summed E-state index contributed by atoms with van der Waals surface area (Å²) in [6.07, 6.45) is 0. The molecule has 0 unspecified atom stereocenters. The van der Waals surface area contributed by atoms with Crippen LogP contribution in [0.4, 0.5) is 0 Å². The molecule has 8 nitrogen and oxygen atoms in total. The number of esters is 2. The molecule has 0 bridgehead atoms. The minimum atomic E-state index is -1.63. The first-order valence-electron chi connectivity index (χ1n) is 8.80. The van der Waals surface area contributed by atoms with E-state index in [1.165, 1.54) is 66.7 Å². The molecular weight excluding hydrogens is 390 g/mol. The highest BCUT2D eigenvalue weighted by Crippen LogP contribution is 2.21. The minimum absolute atomic E-state index is 0.148. The van der Waals surface area contributed by atoms with E-state index in [4.69, 9.17) is 29.6 Å². The molecule has 0 heterocycles. The lowest BCUT2D eigenvalue weighted by atomic mass is 9.80. The second-order valence-electron chi connectivity index (χ2n) is 6.25. The molecule has 0 fully saturated rings. The van der Waals surface area contributed by atoms with E-state index >= 15 is 0 Å². The van der Waals surface area contributed by atoms with Crippen LogP contribution in [-0.2, 0) is 0 Å². The highest BCUT2D eigenvalue weighted by atomic mass is 16.5. The Morgan fingerprint density at radius 3 is 1.30 bits per heavy atom.